The Morgan fingerprint density at radius 3 is 2.69 bits per heavy atom. The van der Waals surface area contributed by atoms with Crippen LogP contribution in [0.3, 0.4) is 0 Å². The largest absolute Gasteiger partial charge is 0.323 e. The molecule has 0 aliphatic heterocycles. The molecule has 0 radical (unpaired) electrons. The van der Waals surface area contributed by atoms with Crippen LogP contribution in [-0.4, -0.2) is 28.4 Å². The summed E-state index contributed by atoms with van der Waals surface area (Å²) >= 11 is 0. The van der Waals surface area contributed by atoms with Crippen molar-refractivity contribution < 1.29 is 4.79 Å². The van der Waals surface area contributed by atoms with E-state index in [-0.39, 0.29) is 18.5 Å². The SMILES string of the molecule is Cc1ccc(C(=O)N(CC#N)C(C)C)cn1. The smallest absolute Gasteiger partial charge is 0.256 e. The zero-order valence-corrected chi connectivity index (χ0v) is 9.77. The Morgan fingerprint density at radius 1 is 1.56 bits per heavy atom. The van der Waals surface area contributed by atoms with Crippen LogP contribution in [0.4, 0.5) is 0 Å². The third-order valence-electron chi connectivity index (χ3n) is 2.28. The number of nitriles is 1. The first-order valence-corrected chi connectivity index (χ1v) is 5.17. The van der Waals surface area contributed by atoms with Gasteiger partial charge in [0.25, 0.3) is 5.91 Å². The first-order chi connectivity index (χ1) is 7.56. The number of hydrogen-bond donors (Lipinski definition) is 0. The minimum atomic E-state index is -0.149. The van der Waals surface area contributed by atoms with Crippen LogP contribution in [0.2, 0.25) is 0 Å². The van der Waals surface area contributed by atoms with E-state index in [9.17, 15) is 4.79 Å². The predicted molar refractivity (Wildman–Crippen MR) is 60.8 cm³/mol. The van der Waals surface area contributed by atoms with Crippen LogP contribution in [0.15, 0.2) is 18.3 Å². The molecule has 0 N–H and O–H groups in total. The van der Waals surface area contributed by atoms with Gasteiger partial charge in [-0.3, -0.25) is 9.78 Å². The molecule has 1 aromatic heterocycles. The lowest BCUT2D eigenvalue weighted by Gasteiger charge is -2.23. The van der Waals surface area contributed by atoms with E-state index in [4.69, 9.17) is 5.26 Å². The zero-order valence-electron chi connectivity index (χ0n) is 9.77. The second kappa shape index (κ2) is 5.26. The Balaban J connectivity index is 2.91. The van der Waals surface area contributed by atoms with Crippen LogP contribution < -0.4 is 0 Å². The van der Waals surface area contributed by atoms with Crippen molar-refractivity contribution in [1.82, 2.24) is 9.88 Å². The highest BCUT2D eigenvalue weighted by Gasteiger charge is 2.18. The number of amides is 1. The molecule has 0 spiro atoms. The molecule has 0 bridgehead atoms. The minimum Gasteiger partial charge on any atom is -0.323 e. The molecule has 0 aliphatic carbocycles. The predicted octanol–water partition coefficient (Wildman–Crippen LogP) is 1.76. The summed E-state index contributed by atoms with van der Waals surface area (Å²) in [5.41, 5.74) is 1.39. The van der Waals surface area contributed by atoms with E-state index in [1.165, 1.54) is 4.90 Å². The second-order valence-electron chi connectivity index (χ2n) is 3.87. The van der Waals surface area contributed by atoms with Gasteiger partial charge in [0.1, 0.15) is 6.54 Å². The Hall–Kier alpha value is -1.89. The maximum Gasteiger partial charge on any atom is 0.256 e. The Bertz CT molecular complexity index is 403. The highest BCUT2D eigenvalue weighted by molar-refractivity contribution is 5.94. The number of nitrogens with zero attached hydrogens (tertiary/aromatic N) is 3. The third kappa shape index (κ3) is 2.80. The molecule has 4 heteroatoms. The van der Waals surface area contributed by atoms with Crippen LogP contribution in [0, 0.1) is 18.3 Å². The lowest BCUT2D eigenvalue weighted by Crippen LogP contribution is -2.37. The zero-order chi connectivity index (χ0) is 12.1. The van der Waals surface area contributed by atoms with E-state index >= 15 is 0 Å². The van der Waals surface area contributed by atoms with Crippen LogP contribution in [-0.2, 0) is 0 Å². The number of hydrogen-bond acceptors (Lipinski definition) is 3. The molecule has 0 saturated heterocycles. The van der Waals surface area contributed by atoms with Gasteiger partial charge < -0.3 is 4.90 Å². The van der Waals surface area contributed by atoms with Crippen molar-refractivity contribution in [3.8, 4) is 6.07 Å². The fraction of sp³-hybridized carbons (Fsp3) is 0.417. The van der Waals surface area contributed by atoms with Crippen molar-refractivity contribution in [2.75, 3.05) is 6.54 Å². The summed E-state index contributed by atoms with van der Waals surface area (Å²) < 4.78 is 0. The molecule has 1 heterocycles. The van der Waals surface area contributed by atoms with Gasteiger partial charge in [0.05, 0.1) is 11.6 Å². The maximum absolute atomic E-state index is 12.0. The van der Waals surface area contributed by atoms with E-state index in [1.54, 1.807) is 18.3 Å². The molecule has 1 amide bonds. The molecular weight excluding hydrogens is 202 g/mol. The molecular formula is C12H15N3O. The molecule has 0 aliphatic rings. The average molecular weight is 217 g/mol. The molecule has 16 heavy (non-hydrogen) atoms. The van der Waals surface area contributed by atoms with E-state index < -0.39 is 0 Å². The topological polar surface area (TPSA) is 57.0 Å². The molecule has 0 aromatic carbocycles. The van der Waals surface area contributed by atoms with Crippen molar-refractivity contribution in [3.63, 3.8) is 0 Å². The number of aryl methyl sites for hydroxylation is 1. The van der Waals surface area contributed by atoms with E-state index in [2.05, 4.69) is 4.98 Å². The average Bonchev–Trinajstić information content (AvgIpc) is 2.25. The molecule has 1 aromatic rings. The Morgan fingerprint density at radius 2 is 2.25 bits per heavy atom. The lowest BCUT2D eigenvalue weighted by molar-refractivity contribution is 0.0731. The highest BCUT2D eigenvalue weighted by Crippen LogP contribution is 2.07. The molecule has 0 fully saturated rings. The van der Waals surface area contributed by atoms with Gasteiger partial charge in [-0.2, -0.15) is 5.26 Å². The minimum absolute atomic E-state index is 0.00783. The third-order valence-corrected chi connectivity index (χ3v) is 2.28. The first-order valence-electron chi connectivity index (χ1n) is 5.17. The van der Waals surface area contributed by atoms with E-state index in [1.807, 2.05) is 26.8 Å². The van der Waals surface area contributed by atoms with Crippen molar-refractivity contribution in [2.24, 2.45) is 0 Å². The Labute approximate surface area is 95.5 Å². The number of carbonyl (C=O) groups excluding carboxylic acids is 1. The Kier molecular flexibility index (Phi) is 4.01. The van der Waals surface area contributed by atoms with Crippen LogP contribution in [0.1, 0.15) is 29.9 Å². The van der Waals surface area contributed by atoms with Crippen molar-refractivity contribution in [2.45, 2.75) is 26.8 Å². The fourth-order valence-electron chi connectivity index (χ4n) is 1.33. The lowest BCUT2D eigenvalue weighted by atomic mass is 10.2. The molecule has 0 atom stereocenters. The normalized spacial score (nSPS) is 9.94. The highest BCUT2D eigenvalue weighted by atomic mass is 16.2. The second-order valence-corrected chi connectivity index (χ2v) is 3.87. The summed E-state index contributed by atoms with van der Waals surface area (Å²) in [6, 6.07) is 5.53. The van der Waals surface area contributed by atoms with Gasteiger partial charge in [-0.15, -0.1) is 0 Å². The van der Waals surface area contributed by atoms with Gasteiger partial charge in [-0.05, 0) is 32.9 Å². The van der Waals surface area contributed by atoms with Crippen LogP contribution in [0.5, 0.6) is 0 Å². The summed E-state index contributed by atoms with van der Waals surface area (Å²) in [4.78, 5) is 17.6. The van der Waals surface area contributed by atoms with Crippen LogP contribution >= 0.6 is 0 Å². The van der Waals surface area contributed by atoms with Gasteiger partial charge >= 0.3 is 0 Å². The van der Waals surface area contributed by atoms with Gasteiger partial charge in [-0.1, -0.05) is 0 Å². The van der Waals surface area contributed by atoms with E-state index in [0.29, 0.717) is 5.56 Å². The van der Waals surface area contributed by atoms with Crippen molar-refractivity contribution in [3.05, 3.63) is 29.6 Å². The van der Waals surface area contributed by atoms with Gasteiger partial charge in [0.15, 0.2) is 0 Å². The monoisotopic (exact) mass is 217 g/mol. The number of rotatable bonds is 3. The van der Waals surface area contributed by atoms with Crippen LogP contribution in [0.25, 0.3) is 0 Å². The standard InChI is InChI=1S/C12H15N3O/c1-9(2)15(7-6-13)12(16)11-5-4-10(3)14-8-11/h4-5,8-9H,7H2,1-3H3. The number of carbonyl (C=O) groups is 1. The summed E-state index contributed by atoms with van der Waals surface area (Å²) in [6.45, 7) is 5.74. The van der Waals surface area contributed by atoms with Gasteiger partial charge in [0.2, 0.25) is 0 Å². The summed E-state index contributed by atoms with van der Waals surface area (Å²) in [6.07, 6.45) is 1.55. The molecule has 4 nitrogen and oxygen atoms in total. The molecule has 0 saturated carbocycles. The quantitative estimate of drug-likeness (QED) is 0.725. The molecule has 1 rings (SSSR count). The number of aromatic nitrogens is 1. The summed E-state index contributed by atoms with van der Waals surface area (Å²) in [5.74, 6) is -0.149. The van der Waals surface area contributed by atoms with Crippen molar-refractivity contribution in [1.29, 1.82) is 5.26 Å². The van der Waals surface area contributed by atoms with Gasteiger partial charge in [0, 0.05) is 17.9 Å². The van der Waals surface area contributed by atoms with Crippen molar-refractivity contribution >= 4 is 5.91 Å². The summed E-state index contributed by atoms with van der Waals surface area (Å²) in [7, 11) is 0. The molecule has 84 valence electrons. The maximum atomic E-state index is 12.0. The van der Waals surface area contributed by atoms with Gasteiger partial charge in [-0.25, -0.2) is 0 Å². The molecule has 0 unspecified atom stereocenters. The number of pyridine rings is 1. The summed E-state index contributed by atoms with van der Waals surface area (Å²) in [5, 5.41) is 8.67. The fourth-order valence-corrected chi connectivity index (χ4v) is 1.33. The van der Waals surface area contributed by atoms with E-state index in [0.717, 1.165) is 5.69 Å². The first kappa shape index (κ1) is 12.2.